The second-order valence-corrected chi connectivity index (χ2v) is 4.09. The molecule has 0 aliphatic carbocycles. The molecule has 18 heavy (non-hydrogen) atoms. The van der Waals surface area contributed by atoms with Gasteiger partial charge in [0.15, 0.2) is 0 Å². The molecule has 2 aromatic rings. The summed E-state index contributed by atoms with van der Waals surface area (Å²) in [6.07, 6.45) is -0.604. The minimum absolute atomic E-state index is 0.226. The maximum Gasteiger partial charge on any atom is 0.119 e. The lowest BCUT2D eigenvalue weighted by molar-refractivity contribution is 0.186. The first-order chi connectivity index (χ1) is 8.79. The Hall–Kier alpha value is -1.84. The highest BCUT2D eigenvalue weighted by Crippen LogP contribution is 2.18. The predicted molar refractivity (Wildman–Crippen MR) is 71.2 cm³/mol. The molecule has 0 aliphatic heterocycles. The van der Waals surface area contributed by atoms with Gasteiger partial charge in [0.1, 0.15) is 12.4 Å². The number of benzene rings is 2. The van der Waals surface area contributed by atoms with Crippen LogP contribution >= 0.6 is 0 Å². The van der Waals surface area contributed by atoms with E-state index in [1.165, 1.54) is 0 Å². The zero-order chi connectivity index (χ0) is 12.8. The Morgan fingerprint density at radius 1 is 1.00 bits per heavy atom. The number of rotatable bonds is 5. The van der Waals surface area contributed by atoms with Crippen LogP contribution in [-0.4, -0.2) is 11.7 Å². The van der Waals surface area contributed by atoms with Crippen LogP contribution in [0.2, 0.25) is 0 Å². The lowest BCUT2D eigenvalue weighted by Crippen LogP contribution is -2.11. The van der Waals surface area contributed by atoms with Crippen molar-refractivity contribution in [3.05, 3.63) is 65.7 Å². The van der Waals surface area contributed by atoms with Crippen molar-refractivity contribution in [2.24, 2.45) is 5.73 Å². The minimum Gasteiger partial charge on any atom is -0.489 e. The van der Waals surface area contributed by atoms with Crippen molar-refractivity contribution in [1.29, 1.82) is 0 Å². The van der Waals surface area contributed by atoms with Crippen molar-refractivity contribution in [3.63, 3.8) is 0 Å². The van der Waals surface area contributed by atoms with Crippen molar-refractivity contribution in [2.75, 3.05) is 6.54 Å². The highest BCUT2D eigenvalue weighted by Gasteiger charge is 2.04. The van der Waals surface area contributed by atoms with E-state index < -0.39 is 6.10 Å². The van der Waals surface area contributed by atoms with Gasteiger partial charge in [-0.2, -0.15) is 0 Å². The van der Waals surface area contributed by atoms with Crippen molar-refractivity contribution in [2.45, 2.75) is 12.7 Å². The van der Waals surface area contributed by atoms with E-state index >= 15 is 0 Å². The molecule has 0 aliphatic rings. The molecule has 3 nitrogen and oxygen atoms in total. The maximum absolute atomic E-state index is 9.56. The Kier molecular flexibility index (Phi) is 4.34. The van der Waals surface area contributed by atoms with Crippen molar-refractivity contribution in [1.82, 2.24) is 0 Å². The van der Waals surface area contributed by atoms with Gasteiger partial charge in [-0.05, 0) is 23.3 Å². The van der Waals surface area contributed by atoms with Crippen LogP contribution in [0.1, 0.15) is 17.2 Å². The van der Waals surface area contributed by atoms with Gasteiger partial charge in [-0.15, -0.1) is 0 Å². The van der Waals surface area contributed by atoms with Gasteiger partial charge < -0.3 is 15.6 Å². The number of hydrogen-bond donors (Lipinski definition) is 2. The van der Waals surface area contributed by atoms with E-state index in [0.717, 1.165) is 16.9 Å². The molecule has 0 heterocycles. The molecule has 0 bridgehead atoms. The molecule has 1 atom stereocenters. The van der Waals surface area contributed by atoms with Crippen molar-refractivity contribution in [3.8, 4) is 5.75 Å². The third kappa shape index (κ3) is 3.32. The van der Waals surface area contributed by atoms with E-state index in [2.05, 4.69) is 0 Å². The summed E-state index contributed by atoms with van der Waals surface area (Å²) in [4.78, 5) is 0. The van der Waals surface area contributed by atoms with Crippen LogP contribution in [0.4, 0.5) is 0 Å². The first-order valence-corrected chi connectivity index (χ1v) is 5.94. The summed E-state index contributed by atoms with van der Waals surface area (Å²) in [7, 11) is 0. The van der Waals surface area contributed by atoms with Crippen LogP contribution in [-0.2, 0) is 6.61 Å². The Labute approximate surface area is 107 Å². The third-order valence-corrected chi connectivity index (χ3v) is 2.74. The molecule has 0 amide bonds. The van der Waals surface area contributed by atoms with Crippen LogP contribution in [0.25, 0.3) is 0 Å². The van der Waals surface area contributed by atoms with E-state index in [0.29, 0.717) is 6.61 Å². The van der Waals surface area contributed by atoms with E-state index in [9.17, 15) is 5.11 Å². The fraction of sp³-hybridized carbons (Fsp3) is 0.200. The smallest absolute Gasteiger partial charge is 0.119 e. The van der Waals surface area contributed by atoms with Gasteiger partial charge in [0, 0.05) is 6.54 Å². The van der Waals surface area contributed by atoms with E-state index in [4.69, 9.17) is 10.5 Å². The fourth-order valence-corrected chi connectivity index (χ4v) is 1.66. The highest BCUT2D eigenvalue weighted by atomic mass is 16.5. The molecular formula is C15H17NO2. The average Bonchev–Trinajstić information content (AvgIpc) is 2.46. The predicted octanol–water partition coefficient (Wildman–Crippen LogP) is 2.26. The molecule has 1 unspecified atom stereocenters. The summed E-state index contributed by atoms with van der Waals surface area (Å²) in [6.45, 7) is 0.768. The summed E-state index contributed by atoms with van der Waals surface area (Å²) in [5.74, 6) is 0.784. The van der Waals surface area contributed by atoms with Crippen LogP contribution < -0.4 is 10.5 Å². The Morgan fingerprint density at radius 2 is 1.67 bits per heavy atom. The van der Waals surface area contributed by atoms with Crippen LogP contribution in [0.15, 0.2) is 54.6 Å². The summed E-state index contributed by atoms with van der Waals surface area (Å²) in [6, 6.07) is 17.3. The molecule has 94 valence electrons. The van der Waals surface area contributed by atoms with Gasteiger partial charge in [0.05, 0.1) is 6.10 Å². The van der Waals surface area contributed by atoms with Gasteiger partial charge in [0.2, 0.25) is 0 Å². The third-order valence-electron chi connectivity index (χ3n) is 2.74. The lowest BCUT2D eigenvalue weighted by atomic mass is 10.2. The number of nitrogens with two attached hydrogens (primary N) is 1. The number of ether oxygens (including phenoxy) is 1. The molecule has 2 rings (SSSR count). The summed E-state index contributed by atoms with van der Waals surface area (Å²) in [5, 5.41) is 9.56. The van der Waals surface area contributed by atoms with Crippen LogP contribution in [0.3, 0.4) is 0 Å². The van der Waals surface area contributed by atoms with Crippen LogP contribution in [0, 0.1) is 0 Å². The zero-order valence-electron chi connectivity index (χ0n) is 10.1. The summed E-state index contributed by atoms with van der Waals surface area (Å²) >= 11 is 0. The highest BCUT2D eigenvalue weighted by molar-refractivity contribution is 5.29. The molecule has 0 fully saturated rings. The Bertz CT molecular complexity index is 468. The van der Waals surface area contributed by atoms with E-state index in [1.54, 1.807) is 0 Å². The normalized spacial score (nSPS) is 12.1. The fourth-order valence-electron chi connectivity index (χ4n) is 1.66. The second-order valence-electron chi connectivity index (χ2n) is 4.09. The molecule has 3 N–H and O–H groups in total. The van der Waals surface area contributed by atoms with Crippen LogP contribution in [0.5, 0.6) is 5.75 Å². The molecule has 0 saturated carbocycles. The topological polar surface area (TPSA) is 55.5 Å². The van der Waals surface area contributed by atoms with E-state index in [1.807, 2.05) is 54.6 Å². The number of aliphatic hydroxyl groups excluding tert-OH is 1. The standard InChI is InChI=1S/C15H17NO2/c16-10-15(17)13-6-8-14(9-7-13)18-11-12-4-2-1-3-5-12/h1-9,15,17H,10-11,16H2/i10+1,15+1,16+1. The number of hydrogen-bond acceptors (Lipinski definition) is 3. The van der Waals surface area contributed by atoms with Gasteiger partial charge in [-0.1, -0.05) is 42.5 Å². The molecule has 2 aromatic carbocycles. The van der Waals surface area contributed by atoms with Gasteiger partial charge in [-0.3, -0.25) is 0 Å². The van der Waals surface area contributed by atoms with E-state index in [-0.39, 0.29) is 6.54 Å². The Morgan fingerprint density at radius 3 is 2.28 bits per heavy atom. The minimum atomic E-state index is -0.604. The monoisotopic (exact) mass is 246 g/mol. The SMILES string of the molecule is [15NH2][13CH2][13CH](O)c1ccc(OCc2ccccc2)cc1. The zero-order valence-corrected chi connectivity index (χ0v) is 10.1. The largest absolute Gasteiger partial charge is 0.489 e. The molecule has 0 spiro atoms. The number of aliphatic hydroxyl groups is 1. The van der Waals surface area contributed by atoms with Crippen molar-refractivity contribution < 1.29 is 9.84 Å². The molecule has 3 heteroatoms. The summed E-state index contributed by atoms with van der Waals surface area (Å²) < 4.78 is 5.65. The molecule has 0 saturated heterocycles. The average molecular weight is 246 g/mol. The maximum atomic E-state index is 9.56. The Balaban J connectivity index is 1.94. The molecule has 0 aromatic heterocycles. The first-order valence-electron chi connectivity index (χ1n) is 5.94. The van der Waals surface area contributed by atoms with Gasteiger partial charge in [0.25, 0.3) is 0 Å². The van der Waals surface area contributed by atoms with Gasteiger partial charge in [-0.25, -0.2) is 0 Å². The van der Waals surface area contributed by atoms with Crippen molar-refractivity contribution >= 4 is 0 Å². The molecule has 0 radical (unpaired) electrons. The quantitative estimate of drug-likeness (QED) is 0.628. The molecular weight excluding hydrogens is 229 g/mol. The lowest BCUT2D eigenvalue weighted by Gasteiger charge is -2.10. The second kappa shape index (κ2) is 6.19. The summed E-state index contributed by atoms with van der Waals surface area (Å²) in [5.41, 5.74) is 7.33. The first kappa shape index (κ1) is 12.6. The van der Waals surface area contributed by atoms with Gasteiger partial charge >= 0.3 is 0 Å².